The Morgan fingerprint density at radius 2 is 1.72 bits per heavy atom. The second-order valence-corrected chi connectivity index (χ2v) is 7.87. The van der Waals surface area contributed by atoms with E-state index in [9.17, 15) is 14.4 Å². The van der Waals surface area contributed by atoms with Crippen molar-refractivity contribution in [3.8, 4) is 0 Å². The highest BCUT2D eigenvalue weighted by Gasteiger charge is 2.62. The Kier molecular flexibility index (Phi) is 4.54. The van der Waals surface area contributed by atoms with Crippen LogP contribution in [-0.2, 0) is 19.1 Å². The van der Waals surface area contributed by atoms with Gasteiger partial charge in [-0.2, -0.15) is 0 Å². The van der Waals surface area contributed by atoms with Gasteiger partial charge in [0.15, 0.2) is 0 Å². The number of nitrogens with zero attached hydrogens (tertiary/aromatic N) is 1. The van der Waals surface area contributed by atoms with E-state index < -0.39 is 0 Å². The van der Waals surface area contributed by atoms with Crippen molar-refractivity contribution in [2.75, 3.05) is 13.1 Å². The predicted octanol–water partition coefficient (Wildman–Crippen LogP) is 0.173. The molecule has 138 valence electrons. The number of hydrogen-bond donors (Lipinski definition) is 2. The Balaban J connectivity index is 1.32. The Morgan fingerprint density at radius 1 is 1.08 bits per heavy atom. The molecule has 6 unspecified atom stereocenters. The van der Waals surface area contributed by atoms with Gasteiger partial charge in [0.25, 0.3) is 0 Å². The molecule has 4 rings (SSSR count). The molecule has 3 heterocycles. The number of carbonyl (C=O) groups is 3. The van der Waals surface area contributed by atoms with E-state index in [2.05, 4.69) is 5.32 Å². The fraction of sp³-hybridized carbons (Fsp3) is 0.833. The lowest BCUT2D eigenvalue weighted by Gasteiger charge is -2.31. The first-order valence-electron chi connectivity index (χ1n) is 9.60. The minimum atomic E-state index is -0.311. The van der Waals surface area contributed by atoms with Gasteiger partial charge in [-0.05, 0) is 38.1 Å². The summed E-state index contributed by atoms with van der Waals surface area (Å²) in [5.41, 5.74) is 5.80. The highest BCUT2D eigenvalue weighted by molar-refractivity contribution is 6.06. The Labute approximate surface area is 147 Å². The Morgan fingerprint density at radius 3 is 2.36 bits per heavy atom. The fourth-order valence-corrected chi connectivity index (χ4v) is 5.17. The second-order valence-electron chi connectivity index (χ2n) is 7.87. The van der Waals surface area contributed by atoms with Crippen LogP contribution in [0.15, 0.2) is 0 Å². The van der Waals surface area contributed by atoms with Crippen LogP contribution in [0.1, 0.15) is 44.9 Å². The molecule has 2 bridgehead atoms. The Bertz CT molecular complexity index is 553. The zero-order valence-corrected chi connectivity index (χ0v) is 14.5. The van der Waals surface area contributed by atoms with Crippen LogP contribution in [0.25, 0.3) is 0 Å². The van der Waals surface area contributed by atoms with Gasteiger partial charge < -0.3 is 15.8 Å². The van der Waals surface area contributed by atoms with E-state index in [1.165, 1.54) is 4.90 Å². The lowest BCUT2D eigenvalue weighted by molar-refractivity contribution is -0.142. The molecule has 3 N–H and O–H groups in total. The molecule has 4 fully saturated rings. The number of rotatable bonds is 5. The summed E-state index contributed by atoms with van der Waals surface area (Å²) in [4.78, 5) is 38.7. The van der Waals surface area contributed by atoms with E-state index in [1.54, 1.807) is 0 Å². The highest BCUT2D eigenvalue weighted by Crippen LogP contribution is 2.48. The molecule has 0 radical (unpaired) electrons. The summed E-state index contributed by atoms with van der Waals surface area (Å²) in [5, 5.41) is 3.06. The molecular weight excluding hydrogens is 322 g/mol. The number of nitrogens with two attached hydrogens (primary N) is 1. The number of carbonyl (C=O) groups excluding carboxylic acids is 3. The normalized spacial score (nSPS) is 39.8. The van der Waals surface area contributed by atoms with Crippen LogP contribution >= 0.6 is 0 Å². The third-order valence-electron chi connectivity index (χ3n) is 6.50. The van der Waals surface area contributed by atoms with E-state index >= 15 is 0 Å². The number of imide groups is 1. The van der Waals surface area contributed by atoms with Crippen molar-refractivity contribution in [1.29, 1.82) is 0 Å². The first-order chi connectivity index (χ1) is 12.1. The minimum Gasteiger partial charge on any atom is -0.373 e. The van der Waals surface area contributed by atoms with Crippen molar-refractivity contribution in [3.63, 3.8) is 0 Å². The number of hydrogen-bond acceptors (Lipinski definition) is 5. The molecule has 0 aromatic rings. The molecule has 1 aliphatic carbocycles. The number of amides is 3. The smallest absolute Gasteiger partial charge is 0.235 e. The van der Waals surface area contributed by atoms with Crippen LogP contribution in [0.2, 0.25) is 0 Å². The van der Waals surface area contributed by atoms with Gasteiger partial charge in [-0.15, -0.1) is 0 Å². The quantitative estimate of drug-likeness (QED) is 0.689. The molecule has 6 atom stereocenters. The van der Waals surface area contributed by atoms with Crippen LogP contribution < -0.4 is 11.1 Å². The van der Waals surface area contributed by atoms with Crippen molar-refractivity contribution >= 4 is 17.7 Å². The summed E-state index contributed by atoms with van der Waals surface area (Å²) in [6, 6.07) is 0.125. The van der Waals surface area contributed by atoms with Crippen molar-refractivity contribution < 1.29 is 19.1 Å². The number of nitrogens with one attached hydrogen (secondary N) is 1. The van der Waals surface area contributed by atoms with Crippen LogP contribution in [0.3, 0.4) is 0 Å². The van der Waals surface area contributed by atoms with Crippen molar-refractivity contribution in [1.82, 2.24) is 10.2 Å². The average molecular weight is 349 g/mol. The lowest BCUT2D eigenvalue weighted by atomic mass is 9.81. The van der Waals surface area contributed by atoms with Crippen molar-refractivity contribution in [3.05, 3.63) is 0 Å². The molecule has 7 heteroatoms. The molecule has 0 aromatic carbocycles. The lowest BCUT2D eigenvalue weighted by Crippen LogP contribution is -2.46. The summed E-state index contributed by atoms with van der Waals surface area (Å²) < 4.78 is 5.72. The van der Waals surface area contributed by atoms with Crippen molar-refractivity contribution in [2.24, 2.45) is 23.5 Å². The molecule has 0 aromatic heterocycles. The van der Waals surface area contributed by atoms with E-state index in [0.29, 0.717) is 12.5 Å². The minimum absolute atomic E-state index is 0.0952. The van der Waals surface area contributed by atoms with Gasteiger partial charge >= 0.3 is 0 Å². The first kappa shape index (κ1) is 17.0. The summed E-state index contributed by atoms with van der Waals surface area (Å²) in [5.74, 6) is -0.675. The van der Waals surface area contributed by atoms with Gasteiger partial charge in [0.05, 0.1) is 24.0 Å². The highest BCUT2D eigenvalue weighted by atomic mass is 16.5. The molecular formula is C18H27N3O4. The zero-order valence-electron chi connectivity index (χ0n) is 14.5. The predicted molar refractivity (Wildman–Crippen MR) is 89.2 cm³/mol. The topological polar surface area (TPSA) is 102 Å². The first-order valence-corrected chi connectivity index (χ1v) is 9.60. The van der Waals surface area contributed by atoms with Gasteiger partial charge in [-0.1, -0.05) is 12.8 Å². The van der Waals surface area contributed by atoms with Crippen LogP contribution in [0.4, 0.5) is 0 Å². The third kappa shape index (κ3) is 2.87. The molecule has 3 aliphatic heterocycles. The van der Waals surface area contributed by atoms with Crippen LogP contribution in [-0.4, -0.2) is 54.0 Å². The maximum Gasteiger partial charge on any atom is 0.235 e. The molecule has 3 saturated heterocycles. The molecule has 25 heavy (non-hydrogen) atoms. The summed E-state index contributed by atoms with van der Waals surface area (Å²) in [6.07, 6.45) is 5.98. The van der Waals surface area contributed by atoms with E-state index in [-0.39, 0.29) is 60.8 Å². The number of ether oxygens (including phenoxy) is 1. The SMILES string of the molecule is NCC1CCCCC1NC(=O)CCN1C(=O)C2C3CCC(O3)C2C1=O. The van der Waals surface area contributed by atoms with Gasteiger partial charge in [0, 0.05) is 19.0 Å². The summed E-state index contributed by atoms with van der Waals surface area (Å²) in [7, 11) is 0. The average Bonchev–Trinajstić information content (AvgIpc) is 3.28. The van der Waals surface area contributed by atoms with E-state index in [0.717, 1.165) is 38.5 Å². The summed E-state index contributed by atoms with van der Waals surface area (Å²) >= 11 is 0. The van der Waals surface area contributed by atoms with Crippen LogP contribution in [0, 0.1) is 17.8 Å². The maximum absolute atomic E-state index is 12.6. The van der Waals surface area contributed by atoms with Gasteiger partial charge in [-0.3, -0.25) is 19.3 Å². The molecule has 3 amide bonds. The molecule has 4 aliphatic rings. The van der Waals surface area contributed by atoms with Gasteiger partial charge in [0.1, 0.15) is 0 Å². The number of likely N-dealkylation sites (tertiary alicyclic amines) is 1. The molecule has 7 nitrogen and oxygen atoms in total. The van der Waals surface area contributed by atoms with E-state index in [4.69, 9.17) is 10.5 Å². The number of fused-ring (bicyclic) bond motifs is 5. The monoisotopic (exact) mass is 349 g/mol. The van der Waals surface area contributed by atoms with Gasteiger partial charge in [-0.25, -0.2) is 0 Å². The largest absolute Gasteiger partial charge is 0.373 e. The van der Waals surface area contributed by atoms with Crippen molar-refractivity contribution in [2.45, 2.75) is 63.2 Å². The zero-order chi connectivity index (χ0) is 17.6. The Hall–Kier alpha value is -1.47. The van der Waals surface area contributed by atoms with E-state index in [1.807, 2.05) is 0 Å². The van der Waals surface area contributed by atoms with Gasteiger partial charge in [0.2, 0.25) is 17.7 Å². The maximum atomic E-state index is 12.6. The molecule has 1 saturated carbocycles. The second kappa shape index (κ2) is 6.68. The summed E-state index contributed by atoms with van der Waals surface area (Å²) in [6.45, 7) is 0.760. The fourth-order valence-electron chi connectivity index (χ4n) is 5.17. The standard InChI is InChI=1S/C18H27N3O4/c19-9-10-3-1-2-4-11(10)20-14(22)7-8-21-17(23)15-12-5-6-13(25-12)16(15)18(21)24/h10-13,15-16H,1-9,19H2,(H,20,22). The van der Waals surface area contributed by atoms with Crippen LogP contribution in [0.5, 0.6) is 0 Å². The third-order valence-corrected chi connectivity index (χ3v) is 6.50. The molecule has 0 spiro atoms.